The lowest BCUT2D eigenvalue weighted by Gasteiger charge is -2.61. The van der Waals surface area contributed by atoms with E-state index in [2.05, 4.69) is 20.8 Å². The molecule has 5 heteroatoms. The van der Waals surface area contributed by atoms with Crippen LogP contribution in [0.1, 0.15) is 105 Å². The molecule has 0 aliphatic heterocycles. The molecule has 0 amide bonds. The lowest BCUT2D eigenvalue weighted by molar-refractivity contribution is -0.352. The number of esters is 1. The molecular weight excluding hydrogens is 404 g/mol. The topological polar surface area (TPSA) is 87.0 Å². The Kier molecular flexibility index (Phi) is 6.77. The fraction of sp³-hybridized carbons (Fsp3) is 0.963. The lowest BCUT2D eigenvalue weighted by atomic mass is 9.44. The van der Waals surface area contributed by atoms with Gasteiger partial charge in [-0.25, -0.2) is 0 Å². The minimum absolute atomic E-state index is 0.255. The zero-order chi connectivity index (χ0) is 23.3. The molecule has 0 aromatic rings. The van der Waals surface area contributed by atoms with Gasteiger partial charge in [0.1, 0.15) is 0 Å². The minimum Gasteiger partial charge on any atom is -0.454 e. The first-order valence-corrected chi connectivity index (χ1v) is 13.3. The van der Waals surface area contributed by atoms with E-state index in [-0.39, 0.29) is 6.42 Å². The molecule has 9 atom stereocenters. The molecular formula is C27H46O5. The molecule has 184 valence electrons. The molecule has 4 aliphatic carbocycles. The molecule has 0 saturated heterocycles. The van der Waals surface area contributed by atoms with Gasteiger partial charge in [0.25, 0.3) is 0 Å². The van der Waals surface area contributed by atoms with Crippen molar-refractivity contribution in [2.24, 2.45) is 46.3 Å². The Balaban J connectivity index is 1.38. The van der Waals surface area contributed by atoms with Crippen molar-refractivity contribution < 1.29 is 24.9 Å². The third kappa shape index (κ3) is 4.27. The maximum absolute atomic E-state index is 12.2. The average molecular weight is 451 g/mol. The molecule has 4 aliphatic rings. The van der Waals surface area contributed by atoms with Gasteiger partial charge in [0, 0.05) is 6.42 Å². The molecule has 4 fully saturated rings. The number of carbonyl (C=O) groups is 1. The van der Waals surface area contributed by atoms with E-state index in [0.29, 0.717) is 22.7 Å². The molecule has 5 nitrogen and oxygen atoms in total. The summed E-state index contributed by atoms with van der Waals surface area (Å²) in [7, 11) is 0. The van der Waals surface area contributed by atoms with Crippen LogP contribution < -0.4 is 0 Å². The fourth-order valence-corrected chi connectivity index (χ4v) is 9.15. The summed E-state index contributed by atoms with van der Waals surface area (Å²) in [5.74, 6) is 1.22. The Morgan fingerprint density at radius 3 is 2.38 bits per heavy atom. The van der Waals surface area contributed by atoms with Crippen molar-refractivity contribution in [2.75, 3.05) is 0 Å². The largest absolute Gasteiger partial charge is 0.454 e. The van der Waals surface area contributed by atoms with Gasteiger partial charge in [-0.05, 0) is 111 Å². The summed E-state index contributed by atoms with van der Waals surface area (Å²) in [6.45, 7) is 8.76. The smallest absolute Gasteiger partial charge is 0.314 e. The van der Waals surface area contributed by atoms with Gasteiger partial charge >= 0.3 is 11.9 Å². The third-order valence-electron chi connectivity index (χ3n) is 11.0. The molecule has 0 heterocycles. The Bertz CT molecular complexity index is 686. The lowest BCUT2D eigenvalue weighted by Crippen LogP contribution is -2.53. The van der Waals surface area contributed by atoms with Gasteiger partial charge in [0.05, 0.1) is 0 Å². The summed E-state index contributed by atoms with van der Waals surface area (Å²) < 4.78 is 5.00. The monoisotopic (exact) mass is 450 g/mol. The Morgan fingerprint density at radius 2 is 1.66 bits per heavy atom. The van der Waals surface area contributed by atoms with Crippen LogP contribution in [0.25, 0.3) is 0 Å². The van der Waals surface area contributed by atoms with E-state index in [1.807, 2.05) is 0 Å². The van der Waals surface area contributed by atoms with Crippen LogP contribution in [0.2, 0.25) is 0 Å². The Labute approximate surface area is 194 Å². The first-order chi connectivity index (χ1) is 15.0. The first kappa shape index (κ1) is 24.5. The molecule has 4 saturated carbocycles. The maximum Gasteiger partial charge on any atom is 0.314 e. The SMILES string of the molecule is CC(OC(=O)CC[C@@H](C)[C@H]1CC[C@H]2[C@@H]3CCC4CCCC[C@]4(C)[C@H]3CC[C@]12C)C(O)(O)O. The number of aliphatic hydroxyl groups is 3. The van der Waals surface area contributed by atoms with Crippen molar-refractivity contribution >= 4 is 5.97 Å². The van der Waals surface area contributed by atoms with E-state index >= 15 is 0 Å². The molecule has 32 heavy (non-hydrogen) atoms. The zero-order valence-corrected chi connectivity index (χ0v) is 20.7. The van der Waals surface area contributed by atoms with Crippen LogP contribution in [-0.4, -0.2) is 33.4 Å². The summed E-state index contributed by atoms with van der Waals surface area (Å²) in [5.41, 5.74) is 0.958. The molecule has 0 bridgehead atoms. The van der Waals surface area contributed by atoms with Crippen molar-refractivity contribution in [3.05, 3.63) is 0 Å². The van der Waals surface area contributed by atoms with Crippen molar-refractivity contribution in [3.63, 3.8) is 0 Å². The number of hydrogen-bond acceptors (Lipinski definition) is 5. The minimum atomic E-state index is -2.99. The number of fused-ring (bicyclic) bond motifs is 5. The predicted molar refractivity (Wildman–Crippen MR) is 123 cm³/mol. The predicted octanol–water partition coefficient (Wildman–Crippen LogP) is 5.01. The van der Waals surface area contributed by atoms with Crippen molar-refractivity contribution in [3.8, 4) is 0 Å². The van der Waals surface area contributed by atoms with E-state index < -0.39 is 18.0 Å². The third-order valence-corrected chi connectivity index (χ3v) is 11.0. The molecule has 0 aromatic heterocycles. The van der Waals surface area contributed by atoms with Gasteiger partial charge < -0.3 is 20.1 Å². The highest BCUT2D eigenvalue weighted by molar-refractivity contribution is 5.69. The second-order valence-corrected chi connectivity index (χ2v) is 12.5. The highest BCUT2D eigenvalue weighted by Crippen LogP contribution is 2.68. The van der Waals surface area contributed by atoms with Crippen LogP contribution in [0.15, 0.2) is 0 Å². The van der Waals surface area contributed by atoms with E-state index in [9.17, 15) is 4.79 Å². The summed E-state index contributed by atoms with van der Waals surface area (Å²) in [4.78, 5) is 12.2. The average Bonchev–Trinajstić information content (AvgIpc) is 3.08. The van der Waals surface area contributed by atoms with Crippen LogP contribution in [-0.2, 0) is 9.53 Å². The van der Waals surface area contributed by atoms with Crippen LogP contribution in [0.5, 0.6) is 0 Å². The summed E-state index contributed by atoms with van der Waals surface area (Å²) >= 11 is 0. The highest BCUT2D eigenvalue weighted by Gasteiger charge is 2.60. The van der Waals surface area contributed by atoms with Crippen molar-refractivity contribution in [1.29, 1.82) is 0 Å². The number of ether oxygens (including phenoxy) is 1. The van der Waals surface area contributed by atoms with Gasteiger partial charge in [-0.1, -0.05) is 33.6 Å². The first-order valence-electron chi connectivity index (χ1n) is 13.3. The normalized spacial score (nSPS) is 43.5. The van der Waals surface area contributed by atoms with Gasteiger partial charge in [-0.3, -0.25) is 4.79 Å². The van der Waals surface area contributed by atoms with Crippen LogP contribution in [0.4, 0.5) is 0 Å². The second kappa shape index (κ2) is 8.85. The quantitative estimate of drug-likeness (QED) is 0.391. The van der Waals surface area contributed by atoms with Crippen molar-refractivity contribution in [1.82, 2.24) is 0 Å². The maximum atomic E-state index is 12.2. The second-order valence-electron chi connectivity index (χ2n) is 12.5. The molecule has 0 radical (unpaired) electrons. The fourth-order valence-electron chi connectivity index (χ4n) is 9.15. The molecule has 3 N–H and O–H groups in total. The summed E-state index contributed by atoms with van der Waals surface area (Å²) in [5, 5.41) is 27.5. The summed E-state index contributed by atoms with van der Waals surface area (Å²) in [6.07, 6.45) is 13.6. The number of hydrogen-bond donors (Lipinski definition) is 3. The van der Waals surface area contributed by atoms with Gasteiger partial charge in [0.15, 0.2) is 6.10 Å². The van der Waals surface area contributed by atoms with Crippen LogP contribution >= 0.6 is 0 Å². The highest BCUT2D eigenvalue weighted by atomic mass is 16.7. The van der Waals surface area contributed by atoms with E-state index in [1.165, 1.54) is 71.1 Å². The molecule has 0 aromatic carbocycles. The molecule has 0 spiro atoms. The zero-order valence-electron chi connectivity index (χ0n) is 20.7. The van der Waals surface area contributed by atoms with E-state index in [1.54, 1.807) is 0 Å². The number of rotatable bonds is 6. The standard InChI is InChI=1S/C27H46O5/c1-17(8-13-24(28)32-18(2)27(29,30)31)21-11-12-22-20-10-9-19-7-5-6-15-25(19,3)23(20)14-16-26(21,22)4/h17-23,29-31H,5-16H2,1-4H3/t17-,18?,19?,20+,21-,22+,23+,25+,26-/m1/s1. The van der Waals surface area contributed by atoms with E-state index in [4.69, 9.17) is 20.1 Å². The molecule has 2 unspecified atom stereocenters. The van der Waals surface area contributed by atoms with Crippen molar-refractivity contribution in [2.45, 2.75) is 117 Å². The van der Waals surface area contributed by atoms with E-state index in [0.717, 1.165) is 30.1 Å². The van der Waals surface area contributed by atoms with Crippen LogP contribution in [0.3, 0.4) is 0 Å². The number of carbonyl (C=O) groups excluding carboxylic acids is 1. The Hall–Kier alpha value is -0.650. The molecule has 4 rings (SSSR count). The Morgan fingerprint density at radius 1 is 0.938 bits per heavy atom. The summed E-state index contributed by atoms with van der Waals surface area (Å²) in [6, 6.07) is 0. The van der Waals surface area contributed by atoms with Gasteiger partial charge in [0.2, 0.25) is 0 Å². The van der Waals surface area contributed by atoms with Crippen LogP contribution in [0, 0.1) is 46.3 Å². The van der Waals surface area contributed by atoms with Gasteiger partial charge in [-0.15, -0.1) is 0 Å². The van der Waals surface area contributed by atoms with Gasteiger partial charge in [-0.2, -0.15) is 0 Å².